The largest absolute Gasteiger partial charge is 0.318 e. The van der Waals surface area contributed by atoms with Crippen LogP contribution in [0, 0.1) is 6.92 Å². The van der Waals surface area contributed by atoms with Crippen molar-refractivity contribution in [3.8, 4) is 0 Å². The highest BCUT2D eigenvalue weighted by atomic mass is 14.8. The Hall–Kier alpha value is -1.67. The maximum atomic E-state index is 6.76. The van der Waals surface area contributed by atoms with Crippen molar-refractivity contribution in [3.05, 3.63) is 65.0 Å². The third-order valence-corrected chi connectivity index (χ3v) is 4.37. The lowest BCUT2D eigenvalue weighted by Crippen LogP contribution is -2.41. The highest BCUT2D eigenvalue weighted by Crippen LogP contribution is 2.43. The average molecular weight is 252 g/mol. The molecule has 2 atom stereocenters. The lowest BCUT2D eigenvalue weighted by molar-refractivity contribution is 0.411. The first-order valence-electron chi connectivity index (χ1n) is 6.93. The van der Waals surface area contributed by atoms with Gasteiger partial charge < -0.3 is 5.73 Å². The Morgan fingerprint density at radius 1 is 1.21 bits per heavy atom. The van der Waals surface area contributed by atoms with Gasteiger partial charge in [0, 0.05) is 11.9 Å². The smallest absolute Gasteiger partial charge is 0.0683 e. The van der Waals surface area contributed by atoms with E-state index in [1.807, 2.05) is 19.2 Å². The first-order chi connectivity index (χ1) is 9.11. The molecule has 2 N–H and O–H groups in total. The van der Waals surface area contributed by atoms with Crippen molar-refractivity contribution in [2.45, 2.75) is 38.1 Å². The molecule has 0 saturated heterocycles. The highest BCUT2D eigenvalue weighted by molar-refractivity contribution is 5.45. The minimum absolute atomic E-state index is 0.385. The van der Waals surface area contributed by atoms with E-state index in [1.54, 1.807) is 0 Å². The Kier molecular flexibility index (Phi) is 2.90. The minimum Gasteiger partial charge on any atom is -0.318 e. The van der Waals surface area contributed by atoms with Crippen LogP contribution in [0.25, 0.3) is 0 Å². The van der Waals surface area contributed by atoms with E-state index in [4.69, 9.17) is 5.73 Å². The molecule has 1 aromatic heterocycles. The van der Waals surface area contributed by atoms with Crippen molar-refractivity contribution in [3.63, 3.8) is 0 Å². The summed E-state index contributed by atoms with van der Waals surface area (Å²) in [6.07, 6.45) is 4.04. The summed E-state index contributed by atoms with van der Waals surface area (Å²) in [6.45, 7) is 4.29. The van der Waals surface area contributed by atoms with Crippen molar-refractivity contribution in [1.29, 1.82) is 0 Å². The number of aromatic nitrogens is 1. The van der Waals surface area contributed by atoms with Crippen molar-refractivity contribution < 1.29 is 0 Å². The predicted molar refractivity (Wildman–Crippen MR) is 78.0 cm³/mol. The number of hydrogen-bond acceptors (Lipinski definition) is 2. The molecule has 1 aliphatic carbocycles. The summed E-state index contributed by atoms with van der Waals surface area (Å²) >= 11 is 0. The van der Waals surface area contributed by atoms with Crippen LogP contribution in [0.1, 0.15) is 48.1 Å². The number of nitrogens with zero attached hydrogens (tertiary/aromatic N) is 1. The molecule has 2 unspecified atom stereocenters. The molecule has 1 heterocycles. The van der Waals surface area contributed by atoms with Gasteiger partial charge in [0.15, 0.2) is 0 Å². The maximum absolute atomic E-state index is 6.76. The summed E-state index contributed by atoms with van der Waals surface area (Å²) in [5, 5.41) is 0. The number of aryl methyl sites for hydroxylation is 1. The number of rotatable bonds is 1. The lowest BCUT2D eigenvalue weighted by Gasteiger charge is -2.38. The fourth-order valence-corrected chi connectivity index (χ4v) is 3.10. The first-order valence-corrected chi connectivity index (χ1v) is 6.93. The molecular weight excluding hydrogens is 232 g/mol. The topological polar surface area (TPSA) is 38.9 Å². The van der Waals surface area contributed by atoms with Crippen molar-refractivity contribution in [1.82, 2.24) is 4.98 Å². The molecule has 2 aromatic rings. The second-order valence-corrected chi connectivity index (χ2v) is 5.69. The number of pyridine rings is 1. The van der Waals surface area contributed by atoms with E-state index in [2.05, 4.69) is 42.2 Å². The van der Waals surface area contributed by atoms with E-state index >= 15 is 0 Å². The Balaban J connectivity index is 2.15. The van der Waals surface area contributed by atoms with Gasteiger partial charge in [-0.1, -0.05) is 37.3 Å². The van der Waals surface area contributed by atoms with E-state index in [1.165, 1.54) is 11.1 Å². The molecule has 0 fully saturated rings. The molecule has 19 heavy (non-hydrogen) atoms. The van der Waals surface area contributed by atoms with Crippen LogP contribution in [0.15, 0.2) is 42.6 Å². The summed E-state index contributed by atoms with van der Waals surface area (Å²) in [6, 6.07) is 12.7. The third kappa shape index (κ3) is 1.96. The van der Waals surface area contributed by atoms with Gasteiger partial charge in [-0.25, -0.2) is 0 Å². The van der Waals surface area contributed by atoms with Gasteiger partial charge in [-0.3, -0.25) is 4.98 Å². The number of hydrogen-bond donors (Lipinski definition) is 1. The molecule has 0 saturated carbocycles. The third-order valence-electron chi connectivity index (χ3n) is 4.37. The molecule has 0 amide bonds. The van der Waals surface area contributed by atoms with Gasteiger partial charge in [-0.15, -0.1) is 0 Å². The van der Waals surface area contributed by atoms with Crippen LogP contribution < -0.4 is 5.73 Å². The van der Waals surface area contributed by atoms with Gasteiger partial charge in [-0.2, -0.15) is 0 Å². The first kappa shape index (κ1) is 12.4. The maximum Gasteiger partial charge on any atom is 0.0683 e. The molecule has 1 aromatic carbocycles. The number of fused-ring (bicyclic) bond motifs is 1. The summed E-state index contributed by atoms with van der Waals surface area (Å²) in [5.74, 6) is 0.589. The van der Waals surface area contributed by atoms with Crippen molar-refractivity contribution in [2.75, 3.05) is 0 Å². The van der Waals surface area contributed by atoms with Crippen LogP contribution in [-0.2, 0) is 5.54 Å². The van der Waals surface area contributed by atoms with Crippen LogP contribution in [0.3, 0.4) is 0 Å². The van der Waals surface area contributed by atoms with Crippen molar-refractivity contribution in [2.24, 2.45) is 5.73 Å². The van der Waals surface area contributed by atoms with Gasteiger partial charge in [0.25, 0.3) is 0 Å². The van der Waals surface area contributed by atoms with Gasteiger partial charge in [0.2, 0.25) is 0 Å². The monoisotopic (exact) mass is 252 g/mol. The van der Waals surface area contributed by atoms with Crippen LogP contribution in [0.4, 0.5) is 0 Å². The molecule has 3 rings (SSSR count). The van der Waals surface area contributed by atoms with E-state index in [0.29, 0.717) is 5.92 Å². The lowest BCUT2D eigenvalue weighted by atomic mass is 9.70. The Morgan fingerprint density at radius 2 is 2.00 bits per heavy atom. The summed E-state index contributed by atoms with van der Waals surface area (Å²) in [7, 11) is 0. The fraction of sp³-hybridized carbons (Fsp3) is 0.353. The van der Waals surface area contributed by atoms with E-state index in [0.717, 1.165) is 24.1 Å². The zero-order chi connectivity index (χ0) is 13.5. The van der Waals surface area contributed by atoms with E-state index < -0.39 is 0 Å². The fourth-order valence-electron chi connectivity index (χ4n) is 3.10. The predicted octanol–water partition coefficient (Wildman–Crippen LogP) is 3.49. The molecule has 98 valence electrons. The van der Waals surface area contributed by atoms with E-state index in [-0.39, 0.29) is 5.54 Å². The Labute approximate surface area is 114 Å². The SMILES string of the molecule is Cc1ccc(C2(N)CCC(C)c3ccccc32)cn1. The second kappa shape index (κ2) is 4.46. The summed E-state index contributed by atoms with van der Waals surface area (Å²) in [4.78, 5) is 4.41. The van der Waals surface area contributed by atoms with Crippen LogP contribution in [0.2, 0.25) is 0 Å². The molecule has 1 aliphatic rings. The number of benzene rings is 1. The molecule has 0 bridgehead atoms. The normalized spacial score (nSPS) is 25.9. The van der Waals surface area contributed by atoms with Gasteiger partial charge >= 0.3 is 0 Å². The van der Waals surface area contributed by atoms with Crippen molar-refractivity contribution >= 4 is 0 Å². The minimum atomic E-state index is -0.385. The summed E-state index contributed by atoms with van der Waals surface area (Å²) in [5.41, 5.74) is 11.2. The number of nitrogens with two attached hydrogens (primary N) is 1. The highest BCUT2D eigenvalue weighted by Gasteiger charge is 2.36. The average Bonchev–Trinajstić information content (AvgIpc) is 2.44. The van der Waals surface area contributed by atoms with Crippen LogP contribution in [-0.4, -0.2) is 4.98 Å². The molecule has 2 nitrogen and oxygen atoms in total. The van der Waals surface area contributed by atoms with Gasteiger partial charge in [0.05, 0.1) is 5.54 Å². The molecule has 0 spiro atoms. The molecule has 2 heteroatoms. The second-order valence-electron chi connectivity index (χ2n) is 5.69. The molecule has 0 radical (unpaired) electrons. The molecule has 0 aliphatic heterocycles. The molecular formula is C17H20N2. The standard InChI is InChI=1S/C17H20N2/c1-12-9-10-17(18,14-8-7-13(2)19-11-14)16-6-4-3-5-15(12)16/h3-8,11-12H,9-10,18H2,1-2H3. The van der Waals surface area contributed by atoms with Gasteiger partial charge in [-0.05, 0) is 48.4 Å². The Bertz CT molecular complexity index is 588. The van der Waals surface area contributed by atoms with Crippen LogP contribution in [0.5, 0.6) is 0 Å². The zero-order valence-corrected chi connectivity index (χ0v) is 11.6. The van der Waals surface area contributed by atoms with E-state index in [9.17, 15) is 0 Å². The Morgan fingerprint density at radius 3 is 2.74 bits per heavy atom. The summed E-state index contributed by atoms with van der Waals surface area (Å²) < 4.78 is 0. The zero-order valence-electron chi connectivity index (χ0n) is 11.6. The quantitative estimate of drug-likeness (QED) is 0.843. The van der Waals surface area contributed by atoms with Crippen LogP contribution >= 0.6 is 0 Å². The van der Waals surface area contributed by atoms with Gasteiger partial charge in [0.1, 0.15) is 0 Å².